The molecule has 0 saturated carbocycles. The number of hydrogen-bond acceptors (Lipinski definition) is 6. The topological polar surface area (TPSA) is 104 Å². The summed E-state index contributed by atoms with van der Waals surface area (Å²) in [5.74, 6) is 0. The molecule has 14 heavy (non-hydrogen) atoms. The highest BCUT2D eigenvalue weighted by molar-refractivity contribution is 5.04. The third-order valence-electron chi connectivity index (χ3n) is 3.10. The Balaban J connectivity index is 2.18. The molecule has 82 valence electrons. The molecule has 2 aliphatic rings. The average Bonchev–Trinajstić information content (AvgIpc) is 2.39. The Labute approximate surface area is 81.0 Å². The minimum absolute atomic E-state index is 0.164. The molecule has 0 aromatic heterocycles. The van der Waals surface area contributed by atoms with Crippen LogP contribution in [0, 0.1) is 0 Å². The van der Waals surface area contributed by atoms with Crippen molar-refractivity contribution in [1.82, 2.24) is 4.90 Å². The lowest BCUT2D eigenvalue weighted by Crippen LogP contribution is -2.61. The molecule has 2 saturated heterocycles. The predicted molar refractivity (Wildman–Crippen MR) is 45.4 cm³/mol. The van der Waals surface area contributed by atoms with Gasteiger partial charge in [-0.25, -0.2) is 0 Å². The van der Waals surface area contributed by atoms with E-state index in [-0.39, 0.29) is 13.1 Å². The van der Waals surface area contributed by atoms with Crippen molar-refractivity contribution in [2.75, 3.05) is 13.1 Å². The molecule has 6 heteroatoms. The molecule has 2 rings (SSSR count). The van der Waals surface area contributed by atoms with Crippen LogP contribution in [0.3, 0.4) is 0 Å². The third kappa shape index (κ3) is 1.35. The fourth-order valence-corrected chi connectivity index (χ4v) is 2.31. The Kier molecular flexibility index (Phi) is 2.50. The van der Waals surface area contributed by atoms with E-state index in [4.69, 9.17) is 0 Å². The Morgan fingerprint density at radius 3 is 1.79 bits per heavy atom. The van der Waals surface area contributed by atoms with Crippen LogP contribution in [-0.4, -0.2) is 80.1 Å². The van der Waals surface area contributed by atoms with Gasteiger partial charge in [0.25, 0.3) is 0 Å². The van der Waals surface area contributed by atoms with E-state index in [1.807, 2.05) is 0 Å². The van der Waals surface area contributed by atoms with E-state index in [0.29, 0.717) is 0 Å². The monoisotopic (exact) mass is 205 g/mol. The van der Waals surface area contributed by atoms with Crippen LogP contribution in [0.4, 0.5) is 0 Å². The molecule has 6 nitrogen and oxygen atoms in total. The highest BCUT2D eigenvalue weighted by Gasteiger charge is 2.51. The summed E-state index contributed by atoms with van der Waals surface area (Å²) in [6.45, 7) is 0.379. The molecule has 0 aliphatic carbocycles. The Morgan fingerprint density at radius 1 is 0.714 bits per heavy atom. The smallest absolute Gasteiger partial charge is 0.109 e. The molecule has 5 N–H and O–H groups in total. The van der Waals surface area contributed by atoms with Crippen LogP contribution in [0.5, 0.6) is 0 Å². The molecule has 0 aromatic carbocycles. The molecule has 0 amide bonds. The van der Waals surface area contributed by atoms with E-state index < -0.39 is 36.6 Å². The first-order chi connectivity index (χ1) is 6.52. The number of piperidine rings is 1. The van der Waals surface area contributed by atoms with E-state index >= 15 is 0 Å². The normalized spacial score (nSPS) is 54.6. The van der Waals surface area contributed by atoms with Crippen LogP contribution >= 0.6 is 0 Å². The maximum Gasteiger partial charge on any atom is 0.109 e. The first-order valence-corrected chi connectivity index (χ1v) is 4.66. The number of hydrogen-bond donors (Lipinski definition) is 5. The summed E-state index contributed by atoms with van der Waals surface area (Å²) < 4.78 is 0. The highest BCUT2D eigenvalue weighted by atomic mass is 16.4. The Bertz CT molecular complexity index is 224. The van der Waals surface area contributed by atoms with Crippen LogP contribution in [0.1, 0.15) is 0 Å². The predicted octanol–water partition coefficient (Wildman–Crippen LogP) is -3.51. The Morgan fingerprint density at radius 2 is 1.21 bits per heavy atom. The van der Waals surface area contributed by atoms with E-state index in [9.17, 15) is 25.5 Å². The zero-order chi connectivity index (χ0) is 10.5. The van der Waals surface area contributed by atoms with E-state index in [1.165, 1.54) is 0 Å². The standard InChI is InChI=1S/C8H15NO5/c10-3-1-9-2-4(11)7(13)8(14)5(9)6(3)12/h3-8,10-14H,1-2H2/t3-,4-,5-,6+,7-,8-/m1/s1. The van der Waals surface area contributed by atoms with Crippen LogP contribution < -0.4 is 0 Å². The van der Waals surface area contributed by atoms with Gasteiger partial charge in [-0.3, -0.25) is 4.90 Å². The molecule has 2 aliphatic heterocycles. The second-order valence-electron chi connectivity index (χ2n) is 4.05. The van der Waals surface area contributed by atoms with Crippen molar-refractivity contribution < 1.29 is 25.5 Å². The number of nitrogens with zero attached hydrogens (tertiary/aromatic N) is 1. The maximum absolute atomic E-state index is 9.58. The van der Waals surface area contributed by atoms with Gasteiger partial charge in [0.15, 0.2) is 0 Å². The van der Waals surface area contributed by atoms with Gasteiger partial charge in [-0.15, -0.1) is 0 Å². The second-order valence-corrected chi connectivity index (χ2v) is 4.05. The first-order valence-electron chi connectivity index (χ1n) is 4.66. The lowest BCUT2D eigenvalue weighted by molar-refractivity contribution is -0.142. The van der Waals surface area contributed by atoms with Crippen molar-refractivity contribution >= 4 is 0 Å². The van der Waals surface area contributed by atoms with Gasteiger partial charge in [-0.1, -0.05) is 0 Å². The minimum atomic E-state index is -1.25. The van der Waals surface area contributed by atoms with Crippen molar-refractivity contribution in [2.45, 2.75) is 36.6 Å². The van der Waals surface area contributed by atoms with E-state index in [0.717, 1.165) is 0 Å². The van der Waals surface area contributed by atoms with Crippen molar-refractivity contribution in [3.63, 3.8) is 0 Å². The highest BCUT2D eigenvalue weighted by Crippen LogP contribution is 2.28. The van der Waals surface area contributed by atoms with Crippen LogP contribution in [0.2, 0.25) is 0 Å². The zero-order valence-corrected chi connectivity index (χ0v) is 7.56. The van der Waals surface area contributed by atoms with Gasteiger partial charge in [0.1, 0.15) is 12.2 Å². The first kappa shape index (κ1) is 10.3. The SMILES string of the molecule is O[C@@H]1[C@@H]2[C@@H](O)[C@H](O)[C@H](O)CN2C[C@H]1O. The summed E-state index contributed by atoms with van der Waals surface area (Å²) in [5.41, 5.74) is 0. The maximum atomic E-state index is 9.58. The van der Waals surface area contributed by atoms with Crippen LogP contribution in [0.25, 0.3) is 0 Å². The summed E-state index contributed by atoms with van der Waals surface area (Å²) >= 11 is 0. The van der Waals surface area contributed by atoms with Crippen LogP contribution in [-0.2, 0) is 0 Å². The molecule has 6 atom stereocenters. The lowest BCUT2D eigenvalue weighted by Gasteiger charge is -2.40. The number of rotatable bonds is 0. The lowest BCUT2D eigenvalue weighted by atomic mass is 9.93. The molecule has 0 bridgehead atoms. The van der Waals surface area contributed by atoms with Gasteiger partial charge < -0.3 is 25.5 Å². The van der Waals surface area contributed by atoms with Crippen molar-refractivity contribution in [2.24, 2.45) is 0 Å². The Hall–Kier alpha value is -0.240. The summed E-state index contributed by atoms with van der Waals surface area (Å²) in [7, 11) is 0. The quantitative estimate of drug-likeness (QED) is 0.281. The summed E-state index contributed by atoms with van der Waals surface area (Å²) in [5, 5.41) is 47.2. The number of aliphatic hydroxyl groups is 5. The molecule has 2 heterocycles. The molecule has 0 unspecified atom stereocenters. The molecule has 0 aromatic rings. The fraction of sp³-hybridized carbons (Fsp3) is 1.00. The second kappa shape index (κ2) is 3.41. The van der Waals surface area contributed by atoms with Gasteiger partial charge in [-0.05, 0) is 0 Å². The van der Waals surface area contributed by atoms with Crippen molar-refractivity contribution in [3.05, 3.63) is 0 Å². The zero-order valence-electron chi connectivity index (χ0n) is 7.56. The largest absolute Gasteiger partial charge is 0.389 e. The summed E-state index contributed by atoms with van der Waals surface area (Å²) in [6, 6.07) is -0.677. The third-order valence-corrected chi connectivity index (χ3v) is 3.10. The average molecular weight is 205 g/mol. The van der Waals surface area contributed by atoms with E-state index in [1.54, 1.807) is 4.90 Å². The van der Waals surface area contributed by atoms with Gasteiger partial charge >= 0.3 is 0 Å². The summed E-state index contributed by atoms with van der Waals surface area (Å²) in [6.07, 6.45) is -5.49. The summed E-state index contributed by atoms with van der Waals surface area (Å²) in [4.78, 5) is 1.59. The molecule has 0 radical (unpaired) electrons. The van der Waals surface area contributed by atoms with Gasteiger partial charge in [0, 0.05) is 13.1 Å². The van der Waals surface area contributed by atoms with E-state index in [2.05, 4.69) is 0 Å². The van der Waals surface area contributed by atoms with Gasteiger partial charge in [0.05, 0.1) is 24.4 Å². The van der Waals surface area contributed by atoms with Gasteiger partial charge in [-0.2, -0.15) is 0 Å². The fourth-order valence-electron chi connectivity index (χ4n) is 2.31. The number of aliphatic hydroxyl groups excluding tert-OH is 5. The molecule has 2 fully saturated rings. The molecular weight excluding hydrogens is 190 g/mol. The van der Waals surface area contributed by atoms with Crippen LogP contribution in [0.15, 0.2) is 0 Å². The van der Waals surface area contributed by atoms with Crippen molar-refractivity contribution in [1.29, 1.82) is 0 Å². The minimum Gasteiger partial charge on any atom is -0.389 e. The number of fused-ring (bicyclic) bond motifs is 1. The van der Waals surface area contributed by atoms with Gasteiger partial charge in [0.2, 0.25) is 0 Å². The molecule has 0 spiro atoms. The van der Waals surface area contributed by atoms with Crippen molar-refractivity contribution in [3.8, 4) is 0 Å². The molecular formula is C8H15NO5.